The predicted octanol–water partition coefficient (Wildman–Crippen LogP) is 4.04. The van der Waals surface area contributed by atoms with Gasteiger partial charge in [0.2, 0.25) is 0 Å². The van der Waals surface area contributed by atoms with E-state index >= 15 is 0 Å². The van der Waals surface area contributed by atoms with Gasteiger partial charge in [-0.25, -0.2) is 0 Å². The summed E-state index contributed by atoms with van der Waals surface area (Å²) in [6, 6.07) is 0. The van der Waals surface area contributed by atoms with Crippen LogP contribution in [0.1, 0.15) is 26.7 Å². The molecule has 0 fully saturated rings. The van der Waals surface area contributed by atoms with Gasteiger partial charge in [-0.2, -0.15) is 0 Å². The zero-order valence-electron chi connectivity index (χ0n) is 7.23. The average molecular weight is 171 g/mol. The molecular weight excluding hydrogens is 156 g/mol. The van der Waals surface area contributed by atoms with Crippen LogP contribution in [0.3, 0.4) is 0 Å². The summed E-state index contributed by atoms with van der Waals surface area (Å²) in [5, 5.41) is 0. The molecule has 0 aromatic carbocycles. The van der Waals surface area contributed by atoms with Crippen molar-refractivity contribution in [1.82, 2.24) is 0 Å². The van der Waals surface area contributed by atoms with Crippen LogP contribution < -0.4 is 0 Å². The number of hydrogen-bond acceptors (Lipinski definition) is 0. The number of hydrogen-bond donors (Lipinski definition) is 0. The van der Waals surface area contributed by atoms with Crippen LogP contribution in [0.25, 0.3) is 0 Å². The van der Waals surface area contributed by atoms with E-state index in [-0.39, 0.29) is 0 Å². The van der Waals surface area contributed by atoms with Gasteiger partial charge in [0.15, 0.2) is 0 Å². The van der Waals surface area contributed by atoms with E-state index in [1.165, 1.54) is 16.7 Å². The van der Waals surface area contributed by atoms with Gasteiger partial charge in [0.05, 0.1) is 0 Å². The Labute approximate surface area is 74.3 Å². The highest BCUT2D eigenvalue weighted by Gasteiger charge is 1.88. The smallest absolute Gasteiger partial charge is 0.00424 e. The van der Waals surface area contributed by atoms with E-state index < -0.39 is 0 Å². The molecule has 0 N–H and O–H groups in total. The topological polar surface area (TPSA) is 0 Å². The van der Waals surface area contributed by atoms with Crippen molar-refractivity contribution in [3.8, 4) is 0 Å². The molecule has 0 heterocycles. The SMILES string of the molecule is C=C(C)CCC(C)=CC=CCl. The molecule has 0 atom stereocenters. The molecule has 0 unspecified atom stereocenters. The minimum atomic E-state index is 1.07. The van der Waals surface area contributed by atoms with E-state index in [2.05, 4.69) is 13.5 Å². The number of allylic oxidation sites excluding steroid dienone is 4. The molecular formula is C10H15Cl. The van der Waals surface area contributed by atoms with Crippen LogP contribution in [-0.2, 0) is 0 Å². The molecule has 0 nitrogen and oxygen atoms in total. The Bertz CT molecular complexity index is 175. The van der Waals surface area contributed by atoms with E-state index in [1.807, 2.05) is 19.1 Å². The molecule has 0 aliphatic rings. The van der Waals surface area contributed by atoms with Crippen LogP contribution >= 0.6 is 11.6 Å². The molecule has 0 spiro atoms. The van der Waals surface area contributed by atoms with E-state index in [1.54, 1.807) is 0 Å². The summed E-state index contributed by atoms with van der Waals surface area (Å²) in [4.78, 5) is 0. The minimum Gasteiger partial charge on any atom is -0.100 e. The van der Waals surface area contributed by atoms with Crippen molar-refractivity contribution >= 4 is 11.6 Å². The van der Waals surface area contributed by atoms with Gasteiger partial charge in [0, 0.05) is 5.54 Å². The maximum atomic E-state index is 5.37. The lowest BCUT2D eigenvalue weighted by molar-refractivity contribution is 0.929. The summed E-state index contributed by atoms with van der Waals surface area (Å²) < 4.78 is 0. The highest BCUT2D eigenvalue weighted by molar-refractivity contribution is 6.25. The van der Waals surface area contributed by atoms with E-state index in [4.69, 9.17) is 11.6 Å². The Morgan fingerprint density at radius 2 is 2.00 bits per heavy atom. The van der Waals surface area contributed by atoms with Crippen molar-refractivity contribution in [2.75, 3.05) is 0 Å². The van der Waals surface area contributed by atoms with Gasteiger partial charge < -0.3 is 0 Å². The third-order valence-electron chi connectivity index (χ3n) is 1.40. The van der Waals surface area contributed by atoms with Crippen LogP contribution in [-0.4, -0.2) is 0 Å². The molecule has 0 rings (SSSR count). The van der Waals surface area contributed by atoms with Crippen molar-refractivity contribution < 1.29 is 0 Å². The second-order valence-corrected chi connectivity index (χ2v) is 3.04. The Morgan fingerprint density at radius 1 is 1.36 bits per heavy atom. The van der Waals surface area contributed by atoms with Crippen LogP contribution in [0.5, 0.6) is 0 Å². The molecule has 62 valence electrons. The summed E-state index contributed by atoms with van der Waals surface area (Å²) in [6.45, 7) is 7.98. The largest absolute Gasteiger partial charge is 0.100 e. The Morgan fingerprint density at radius 3 is 2.45 bits per heavy atom. The Kier molecular flexibility index (Phi) is 5.96. The molecule has 0 saturated carbocycles. The van der Waals surface area contributed by atoms with Crippen LogP contribution in [0.4, 0.5) is 0 Å². The number of rotatable bonds is 4. The maximum absolute atomic E-state index is 5.37. The van der Waals surface area contributed by atoms with E-state index in [0.29, 0.717) is 0 Å². The lowest BCUT2D eigenvalue weighted by Gasteiger charge is -1.98. The van der Waals surface area contributed by atoms with Gasteiger partial charge in [-0.1, -0.05) is 34.9 Å². The first-order valence-corrected chi connectivity index (χ1v) is 4.17. The highest BCUT2D eigenvalue weighted by Crippen LogP contribution is 2.08. The quantitative estimate of drug-likeness (QED) is 0.441. The van der Waals surface area contributed by atoms with Crippen LogP contribution in [0.15, 0.2) is 35.4 Å². The fraction of sp³-hybridized carbons (Fsp3) is 0.400. The zero-order chi connectivity index (χ0) is 8.69. The zero-order valence-corrected chi connectivity index (χ0v) is 7.99. The Hall–Kier alpha value is -0.490. The second kappa shape index (κ2) is 6.23. The lowest BCUT2D eigenvalue weighted by Crippen LogP contribution is -1.78. The number of halogens is 1. The van der Waals surface area contributed by atoms with Gasteiger partial charge in [-0.05, 0) is 26.7 Å². The first-order chi connectivity index (χ1) is 5.16. The summed E-state index contributed by atoms with van der Waals surface area (Å²) in [5.41, 5.74) is 4.09. The molecule has 0 radical (unpaired) electrons. The van der Waals surface area contributed by atoms with E-state index in [9.17, 15) is 0 Å². The van der Waals surface area contributed by atoms with Crippen molar-refractivity contribution in [1.29, 1.82) is 0 Å². The second-order valence-electron chi connectivity index (χ2n) is 2.79. The normalized spacial score (nSPS) is 12.5. The van der Waals surface area contributed by atoms with Gasteiger partial charge in [-0.3, -0.25) is 0 Å². The first-order valence-electron chi connectivity index (χ1n) is 3.73. The molecule has 0 aliphatic carbocycles. The third kappa shape index (κ3) is 7.41. The van der Waals surface area contributed by atoms with Gasteiger partial charge in [-0.15, -0.1) is 6.58 Å². The van der Waals surface area contributed by atoms with Crippen molar-refractivity contribution in [2.45, 2.75) is 26.7 Å². The molecule has 0 amide bonds. The van der Waals surface area contributed by atoms with Crippen LogP contribution in [0.2, 0.25) is 0 Å². The van der Waals surface area contributed by atoms with Gasteiger partial charge in [0.1, 0.15) is 0 Å². The average Bonchev–Trinajstić information content (AvgIpc) is 1.97. The van der Waals surface area contributed by atoms with Crippen molar-refractivity contribution in [2.24, 2.45) is 0 Å². The van der Waals surface area contributed by atoms with Crippen LogP contribution in [0, 0.1) is 0 Å². The van der Waals surface area contributed by atoms with E-state index in [0.717, 1.165) is 12.8 Å². The molecule has 0 saturated heterocycles. The van der Waals surface area contributed by atoms with Gasteiger partial charge >= 0.3 is 0 Å². The molecule has 1 heteroatoms. The summed E-state index contributed by atoms with van der Waals surface area (Å²) in [7, 11) is 0. The standard InChI is InChI=1S/C10H15Cl/c1-9(2)6-7-10(3)5-4-8-11/h4-5,8H,1,6-7H2,2-3H3. The fourth-order valence-corrected chi connectivity index (χ4v) is 0.767. The molecule has 0 aromatic heterocycles. The summed E-state index contributed by atoms with van der Waals surface area (Å²) >= 11 is 5.37. The molecule has 0 bridgehead atoms. The van der Waals surface area contributed by atoms with Gasteiger partial charge in [0.25, 0.3) is 0 Å². The molecule has 0 aliphatic heterocycles. The Balaban J connectivity index is 3.68. The minimum absolute atomic E-state index is 1.07. The first kappa shape index (κ1) is 10.5. The molecule has 0 aromatic rings. The monoisotopic (exact) mass is 170 g/mol. The van der Waals surface area contributed by atoms with Crippen molar-refractivity contribution in [3.63, 3.8) is 0 Å². The third-order valence-corrected chi connectivity index (χ3v) is 1.55. The fourth-order valence-electron chi connectivity index (χ4n) is 0.695. The predicted molar refractivity (Wildman–Crippen MR) is 52.8 cm³/mol. The lowest BCUT2D eigenvalue weighted by atomic mass is 10.1. The maximum Gasteiger partial charge on any atom is 0.00424 e. The van der Waals surface area contributed by atoms with Crippen molar-refractivity contribution in [3.05, 3.63) is 35.4 Å². The summed E-state index contributed by atoms with van der Waals surface area (Å²) in [5.74, 6) is 0. The molecule has 11 heavy (non-hydrogen) atoms. The summed E-state index contributed by atoms with van der Waals surface area (Å²) in [6.07, 6.45) is 6.01. The highest BCUT2D eigenvalue weighted by atomic mass is 35.5.